The van der Waals surface area contributed by atoms with Gasteiger partial charge in [0.05, 0.1) is 10.0 Å². The third-order valence-corrected chi connectivity index (χ3v) is 3.51. The largest absolute Gasteiger partial charge is 0.356 e. The molecule has 0 heterocycles. The average molecular weight is 303 g/mol. The lowest BCUT2D eigenvalue weighted by molar-refractivity contribution is -0.121. The van der Waals surface area contributed by atoms with Gasteiger partial charge in [0.25, 0.3) is 0 Å². The van der Waals surface area contributed by atoms with Crippen LogP contribution in [0.15, 0.2) is 18.2 Å². The number of nitrogens with one attached hydrogen (secondary N) is 1. The van der Waals surface area contributed by atoms with Crippen LogP contribution in [0.4, 0.5) is 0 Å². The molecule has 0 fully saturated rings. The molecular weight excluding hydrogens is 283 g/mol. The molecule has 3 N–H and O–H groups in total. The van der Waals surface area contributed by atoms with Crippen molar-refractivity contribution in [1.82, 2.24) is 5.32 Å². The lowest BCUT2D eigenvalue weighted by atomic mass is 10.1. The number of hydrogen-bond acceptors (Lipinski definition) is 2. The highest BCUT2D eigenvalue weighted by molar-refractivity contribution is 6.42. The Balaban J connectivity index is 2.22. The van der Waals surface area contributed by atoms with Crippen LogP contribution >= 0.6 is 23.2 Å². The third-order valence-electron chi connectivity index (χ3n) is 2.78. The van der Waals surface area contributed by atoms with E-state index in [-0.39, 0.29) is 11.9 Å². The Kier molecular flexibility index (Phi) is 7.21. The first-order valence-corrected chi connectivity index (χ1v) is 7.21. The highest BCUT2D eigenvalue weighted by Gasteiger charge is 2.03. The first kappa shape index (κ1) is 16.3. The van der Waals surface area contributed by atoms with E-state index in [2.05, 4.69) is 5.32 Å². The smallest absolute Gasteiger partial charge is 0.220 e. The quantitative estimate of drug-likeness (QED) is 0.813. The van der Waals surface area contributed by atoms with Gasteiger partial charge in [-0.1, -0.05) is 29.3 Å². The summed E-state index contributed by atoms with van der Waals surface area (Å²) in [6.45, 7) is 2.57. The number of rotatable bonds is 7. The minimum absolute atomic E-state index is 0.0701. The Morgan fingerprint density at radius 2 is 2.11 bits per heavy atom. The number of amides is 1. The van der Waals surface area contributed by atoms with Crippen molar-refractivity contribution in [2.24, 2.45) is 5.73 Å². The average Bonchev–Trinajstić information content (AvgIpc) is 2.33. The van der Waals surface area contributed by atoms with Gasteiger partial charge in [0.15, 0.2) is 0 Å². The second-order valence-corrected chi connectivity index (χ2v) is 5.53. The maximum absolute atomic E-state index is 11.5. The lowest BCUT2D eigenvalue weighted by Gasteiger charge is -2.07. The van der Waals surface area contributed by atoms with Gasteiger partial charge in [-0.3, -0.25) is 4.79 Å². The molecular formula is C14H20Cl2N2O. The Morgan fingerprint density at radius 3 is 2.74 bits per heavy atom. The summed E-state index contributed by atoms with van der Waals surface area (Å²) in [5.74, 6) is 0.0701. The van der Waals surface area contributed by atoms with E-state index in [0.717, 1.165) is 24.8 Å². The zero-order valence-corrected chi connectivity index (χ0v) is 12.6. The van der Waals surface area contributed by atoms with Crippen molar-refractivity contribution in [1.29, 1.82) is 0 Å². The molecule has 0 saturated carbocycles. The summed E-state index contributed by atoms with van der Waals surface area (Å²) in [5.41, 5.74) is 6.70. The molecule has 0 spiro atoms. The molecule has 1 aromatic rings. The van der Waals surface area contributed by atoms with E-state index in [1.54, 1.807) is 6.07 Å². The predicted molar refractivity (Wildman–Crippen MR) is 80.7 cm³/mol. The van der Waals surface area contributed by atoms with Crippen LogP contribution in [0.3, 0.4) is 0 Å². The molecule has 1 amide bonds. The van der Waals surface area contributed by atoms with Crippen molar-refractivity contribution in [2.75, 3.05) is 6.54 Å². The van der Waals surface area contributed by atoms with Gasteiger partial charge in [-0.05, 0) is 43.9 Å². The van der Waals surface area contributed by atoms with Crippen LogP contribution in [0, 0.1) is 0 Å². The molecule has 5 heteroatoms. The van der Waals surface area contributed by atoms with Crippen LogP contribution in [0.1, 0.15) is 31.7 Å². The molecule has 0 bridgehead atoms. The number of nitrogens with two attached hydrogens (primary N) is 1. The van der Waals surface area contributed by atoms with Crippen LogP contribution < -0.4 is 11.1 Å². The predicted octanol–water partition coefficient (Wildman–Crippen LogP) is 3.17. The summed E-state index contributed by atoms with van der Waals surface area (Å²) < 4.78 is 0. The third kappa shape index (κ3) is 6.81. The summed E-state index contributed by atoms with van der Waals surface area (Å²) in [6.07, 6.45) is 2.93. The number of halogens is 2. The molecule has 1 unspecified atom stereocenters. The van der Waals surface area contributed by atoms with Gasteiger partial charge in [0.2, 0.25) is 5.91 Å². The fourth-order valence-electron chi connectivity index (χ4n) is 1.68. The van der Waals surface area contributed by atoms with E-state index >= 15 is 0 Å². The van der Waals surface area contributed by atoms with Gasteiger partial charge >= 0.3 is 0 Å². The molecule has 0 aliphatic carbocycles. The van der Waals surface area contributed by atoms with Crippen molar-refractivity contribution in [3.05, 3.63) is 33.8 Å². The van der Waals surface area contributed by atoms with Gasteiger partial charge in [-0.15, -0.1) is 0 Å². The van der Waals surface area contributed by atoms with Crippen molar-refractivity contribution in [3.63, 3.8) is 0 Å². The van der Waals surface area contributed by atoms with E-state index in [1.807, 2.05) is 19.1 Å². The normalized spacial score (nSPS) is 12.2. The monoisotopic (exact) mass is 302 g/mol. The Morgan fingerprint density at radius 1 is 1.37 bits per heavy atom. The number of hydrogen-bond donors (Lipinski definition) is 2. The molecule has 1 aromatic carbocycles. The van der Waals surface area contributed by atoms with Crippen LogP contribution in [-0.2, 0) is 11.2 Å². The summed E-state index contributed by atoms with van der Waals surface area (Å²) in [4.78, 5) is 11.5. The molecule has 0 aliphatic heterocycles. The molecule has 0 saturated heterocycles. The lowest BCUT2D eigenvalue weighted by Crippen LogP contribution is -2.28. The second kappa shape index (κ2) is 8.41. The van der Waals surface area contributed by atoms with E-state index in [0.29, 0.717) is 23.0 Å². The minimum atomic E-state index is 0.0701. The van der Waals surface area contributed by atoms with Gasteiger partial charge in [0.1, 0.15) is 0 Å². The van der Waals surface area contributed by atoms with Crippen molar-refractivity contribution in [3.8, 4) is 0 Å². The van der Waals surface area contributed by atoms with Gasteiger partial charge in [-0.25, -0.2) is 0 Å². The summed E-state index contributed by atoms with van der Waals surface area (Å²) in [7, 11) is 0. The molecule has 0 aromatic heterocycles. The molecule has 0 aliphatic rings. The first-order valence-electron chi connectivity index (χ1n) is 6.45. The Bertz CT molecular complexity index is 422. The van der Waals surface area contributed by atoms with Crippen LogP contribution in [0.2, 0.25) is 10.0 Å². The minimum Gasteiger partial charge on any atom is -0.356 e. The number of benzene rings is 1. The molecule has 3 nitrogen and oxygen atoms in total. The molecule has 106 valence electrons. The fraction of sp³-hybridized carbons (Fsp3) is 0.500. The SMILES string of the molecule is CC(N)CCNC(=O)CCCc1ccc(Cl)c(Cl)c1. The Hall–Kier alpha value is -0.770. The molecule has 0 radical (unpaired) electrons. The Labute approximate surface area is 124 Å². The summed E-state index contributed by atoms with van der Waals surface area (Å²) in [6, 6.07) is 5.68. The van der Waals surface area contributed by atoms with Crippen LogP contribution in [0.25, 0.3) is 0 Å². The maximum atomic E-state index is 11.5. The molecule has 19 heavy (non-hydrogen) atoms. The number of carbonyl (C=O) groups is 1. The van der Waals surface area contributed by atoms with Gasteiger partial charge < -0.3 is 11.1 Å². The van der Waals surface area contributed by atoms with E-state index in [1.165, 1.54) is 0 Å². The van der Waals surface area contributed by atoms with E-state index in [9.17, 15) is 4.79 Å². The van der Waals surface area contributed by atoms with Gasteiger partial charge in [-0.2, -0.15) is 0 Å². The number of aryl methyl sites for hydroxylation is 1. The van der Waals surface area contributed by atoms with Crippen LogP contribution in [-0.4, -0.2) is 18.5 Å². The number of carbonyl (C=O) groups excluding carboxylic acids is 1. The highest BCUT2D eigenvalue weighted by Crippen LogP contribution is 2.23. The highest BCUT2D eigenvalue weighted by atomic mass is 35.5. The standard InChI is InChI=1S/C14H20Cl2N2O/c1-10(17)7-8-18-14(19)4-2-3-11-5-6-12(15)13(16)9-11/h5-6,9-10H,2-4,7-8,17H2,1H3,(H,18,19). The maximum Gasteiger partial charge on any atom is 0.220 e. The van der Waals surface area contributed by atoms with E-state index in [4.69, 9.17) is 28.9 Å². The molecule has 1 atom stereocenters. The van der Waals surface area contributed by atoms with Crippen LogP contribution in [0.5, 0.6) is 0 Å². The second-order valence-electron chi connectivity index (χ2n) is 4.72. The summed E-state index contributed by atoms with van der Waals surface area (Å²) >= 11 is 11.8. The molecule has 1 rings (SSSR count). The first-order chi connectivity index (χ1) is 8.99. The fourth-order valence-corrected chi connectivity index (χ4v) is 2.00. The zero-order valence-electron chi connectivity index (χ0n) is 11.1. The van der Waals surface area contributed by atoms with Crippen molar-refractivity contribution in [2.45, 2.75) is 38.6 Å². The zero-order chi connectivity index (χ0) is 14.3. The topological polar surface area (TPSA) is 55.1 Å². The van der Waals surface area contributed by atoms with Gasteiger partial charge in [0, 0.05) is 19.0 Å². The van der Waals surface area contributed by atoms with Crippen molar-refractivity contribution < 1.29 is 4.79 Å². The van der Waals surface area contributed by atoms with Crippen molar-refractivity contribution >= 4 is 29.1 Å². The van der Waals surface area contributed by atoms with E-state index < -0.39 is 0 Å². The summed E-state index contributed by atoms with van der Waals surface area (Å²) in [5, 5.41) is 3.97.